The van der Waals surface area contributed by atoms with Crippen LogP contribution in [0.4, 0.5) is 5.69 Å². The summed E-state index contributed by atoms with van der Waals surface area (Å²) >= 11 is 0. The molecular weight excluding hydrogens is 360 g/mol. The number of amides is 1. The van der Waals surface area contributed by atoms with Crippen LogP contribution in [0.15, 0.2) is 79.0 Å². The zero-order valence-electron chi connectivity index (χ0n) is 16.5. The van der Waals surface area contributed by atoms with Crippen LogP contribution < -0.4 is 10.6 Å². The van der Waals surface area contributed by atoms with Gasteiger partial charge in [-0.1, -0.05) is 54.6 Å². The van der Waals surface area contributed by atoms with Crippen molar-refractivity contribution in [3.05, 3.63) is 95.7 Å². The fraction of sp³-hybridized carbons (Fsp3) is 0.167. The lowest BCUT2D eigenvalue weighted by Crippen LogP contribution is -2.40. The second-order valence-electron chi connectivity index (χ2n) is 7.25. The van der Waals surface area contributed by atoms with Crippen LogP contribution >= 0.6 is 0 Å². The minimum Gasteiger partial charge on any atom is -0.376 e. The highest BCUT2D eigenvalue weighted by Crippen LogP contribution is 2.28. The molecule has 0 saturated heterocycles. The maximum Gasteiger partial charge on any atom is 0.251 e. The van der Waals surface area contributed by atoms with E-state index in [4.69, 9.17) is 0 Å². The Morgan fingerprint density at radius 2 is 1.72 bits per heavy atom. The summed E-state index contributed by atoms with van der Waals surface area (Å²) in [6.45, 7) is 3.97. The first-order valence-corrected chi connectivity index (χ1v) is 9.73. The van der Waals surface area contributed by atoms with E-state index in [0.717, 1.165) is 27.7 Å². The molecule has 5 nitrogen and oxygen atoms in total. The van der Waals surface area contributed by atoms with Crippen molar-refractivity contribution in [3.63, 3.8) is 0 Å². The monoisotopic (exact) mass is 384 g/mol. The predicted octanol–water partition coefficient (Wildman–Crippen LogP) is 4.84. The molecule has 4 aromatic rings. The number of fused-ring (bicyclic) bond motifs is 1. The van der Waals surface area contributed by atoms with Gasteiger partial charge in [0.1, 0.15) is 0 Å². The molecule has 0 spiro atoms. The van der Waals surface area contributed by atoms with Gasteiger partial charge >= 0.3 is 0 Å². The largest absolute Gasteiger partial charge is 0.376 e. The van der Waals surface area contributed by atoms with Crippen LogP contribution in [0.5, 0.6) is 0 Å². The Hall–Kier alpha value is -3.60. The molecule has 146 valence electrons. The molecule has 1 aromatic heterocycles. The molecule has 0 radical (unpaired) electrons. The molecular formula is C24H24N4O. The van der Waals surface area contributed by atoms with E-state index < -0.39 is 0 Å². The molecule has 0 aliphatic rings. The molecule has 29 heavy (non-hydrogen) atoms. The highest BCUT2D eigenvalue weighted by atomic mass is 16.1. The second kappa shape index (κ2) is 8.19. The Kier molecular flexibility index (Phi) is 5.29. The Morgan fingerprint density at radius 1 is 0.966 bits per heavy atom. The van der Waals surface area contributed by atoms with Gasteiger partial charge in [-0.2, -0.15) is 5.10 Å². The van der Waals surface area contributed by atoms with Crippen LogP contribution in [0.3, 0.4) is 0 Å². The van der Waals surface area contributed by atoms with Crippen molar-refractivity contribution in [3.8, 4) is 0 Å². The number of aryl methyl sites for hydroxylation is 1. The molecule has 0 fully saturated rings. The second-order valence-corrected chi connectivity index (χ2v) is 7.25. The number of hydrogen-bond acceptors (Lipinski definition) is 3. The fourth-order valence-corrected chi connectivity index (χ4v) is 3.61. The standard InChI is InChI=1S/C24H24N4O/c1-16-9-6-7-12-19(16)24(29)26-17(2)23(18-10-4-3-5-11-18)27-21-13-8-14-22-20(21)15-25-28-22/h3-15,17,23,27H,1-2H3,(H,25,28)(H,26,29). The first-order chi connectivity index (χ1) is 14.1. The lowest BCUT2D eigenvalue weighted by Gasteiger charge is -2.28. The van der Waals surface area contributed by atoms with Gasteiger partial charge in [-0.3, -0.25) is 9.89 Å². The fourth-order valence-electron chi connectivity index (χ4n) is 3.61. The number of hydrogen-bond donors (Lipinski definition) is 3. The number of carbonyl (C=O) groups is 1. The van der Waals surface area contributed by atoms with E-state index in [0.29, 0.717) is 5.56 Å². The number of nitrogens with zero attached hydrogens (tertiary/aromatic N) is 1. The Morgan fingerprint density at radius 3 is 2.52 bits per heavy atom. The van der Waals surface area contributed by atoms with Gasteiger partial charge in [0.15, 0.2) is 0 Å². The number of carbonyl (C=O) groups excluding carboxylic acids is 1. The molecule has 1 amide bonds. The first-order valence-electron chi connectivity index (χ1n) is 9.73. The highest BCUT2D eigenvalue weighted by molar-refractivity contribution is 5.96. The van der Waals surface area contributed by atoms with Crippen LogP contribution in [0.1, 0.15) is 34.5 Å². The van der Waals surface area contributed by atoms with E-state index in [9.17, 15) is 4.79 Å². The van der Waals surface area contributed by atoms with E-state index in [2.05, 4.69) is 33.0 Å². The summed E-state index contributed by atoms with van der Waals surface area (Å²) < 4.78 is 0. The third kappa shape index (κ3) is 3.99. The number of anilines is 1. The molecule has 3 aromatic carbocycles. The average Bonchev–Trinajstić information content (AvgIpc) is 3.22. The van der Waals surface area contributed by atoms with Crippen LogP contribution in [-0.2, 0) is 0 Å². The SMILES string of the molecule is Cc1ccccc1C(=O)NC(C)C(Nc1cccc2[nH]ncc12)c1ccccc1. The van der Waals surface area contributed by atoms with Crippen LogP contribution in [-0.4, -0.2) is 22.1 Å². The van der Waals surface area contributed by atoms with Gasteiger partial charge in [0.2, 0.25) is 0 Å². The zero-order chi connectivity index (χ0) is 20.2. The molecule has 3 N–H and O–H groups in total. The Labute approximate surface area is 170 Å². The maximum atomic E-state index is 12.9. The van der Waals surface area contributed by atoms with Crippen molar-refractivity contribution in [1.82, 2.24) is 15.5 Å². The summed E-state index contributed by atoms with van der Waals surface area (Å²) in [4.78, 5) is 12.9. The van der Waals surface area contributed by atoms with Gasteiger partial charge in [0.25, 0.3) is 5.91 Å². The molecule has 2 atom stereocenters. The summed E-state index contributed by atoms with van der Waals surface area (Å²) in [5.41, 5.74) is 4.71. The zero-order valence-corrected chi connectivity index (χ0v) is 16.5. The number of aromatic nitrogens is 2. The summed E-state index contributed by atoms with van der Waals surface area (Å²) in [7, 11) is 0. The summed E-state index contributed by atoms with van der Waals surface area (Å²) in [5.74, 6) is -0.0696. The number of benzene rings is 3. The van der Waals surface area contributed by atoms with Crippen LogP contribution in [0.2, 0.25) is 0 Å². The number of aromatic amines is 1. The van der Waals surface area contributed by atoms with Crippen molar-refractivity contribution < 1.29 is 4.79 Å². The summed E-state index contributed by atoms with van der Waals surface area (Å²) in [5, 5.41) is 15.0. The lowest BCUT2D eigenvalue weighted by molar-refractivity contribution is 0.0935. The van der Waals surface area contributed by atoms with Crippen molar-refractivity contribution in [1.29, 1.82) is 0 Å². The molecule has 0 aliphatic carbocycles. The Bertz CT molecular complexity index is 1120. The van der Waals surface area contributed by atoms with Gasteiger partial charge in [0.05, 0.1) is 23.8 Å². The highest BCUT2D eigenvalue weighted by Gasteiger charge is 2.23. The van der Waals surface area contributed by atoms with Gasteiger partial charge in [-0.15, -0.1) is 0 Å². The molecule has 5 heteroatoms. The maximum absolute atomic E-state index is 12.9. The first kappa shape index (κ1) is 18.7. The third-order valence-electron chi connectivity index (χ3n) is 5.20. The molecule has 0 aliphatic heterocycles. The van der Waals surface area contributed by atoms with Gasteiger partial charge in [0, 0.05) is 16.6 Å². The number of rotatable bonds is 6. The van der Waals surface area contributed by atoms with Crippen LogP contribution in [0.25, 0.3) is 10.9 Å². The van der Waals surface area contributed by atoms with Gasteiger partial charge in [-0.05, 0) is 43.2 Å². The van der Waals surface area contributed by atoms with E-state index in [1.807, 2.05) is 80.7 Å². The molecule has 4 rings (SSSR count). The Balaban J connectivity index is 1.63. The van der Waals surface area contributed by atoms with Crippen molar-refractivity contribution >= 4 is 22.5 Å². The van der Waals surface area contributed by atoms with Crippen molar-refractivity contribution in [2.75, 3.05) is 5.32 Å². The number of H-pyrrole nitrogens is 1. The van der Waals surface area contributed by atoms with E-state index in [1.165, 1.54) is 0 Å². The normalized spacial score (nSPS) is 13.0. The van der Waals surface area contributed by atoms with Crippen LogP contribution in [0, 0.1) is 6.92 Å². The molecule has 0 bridgehead atoms. The predicted molar refractivity (Wildman–Crippen MR) is 117 cm³/mol. The summed E-state index contributed by atoms with van der Waals surface area (Å²) in [6, 6.07) is 23.6. The van der Waals surface area contributed by atoms with Gasteiger partial charge in [-0.25, -0.2) is 0 Å². The summed E-state index contributed by atoms with van der Waals surface area (Å²) in [6.07, 6.45) is 1.82. The van der Waals surface area contributed by atoms with E-state index >= 15 is 0 Å². The van der Waals surface area contributed by atoms with E-state index in [1.54, 1.807) is 0 Å². The molecule has 1 heterocycles. The van der Waals surface area contributed by atoms with Crippen molar-refractivity contribution in [2.45, 2.75) is 25.9 Å². The molecule has 0 saturated carbocycles. The topological polar surface area (TPSA) is 69.8 Å². The number of nitrogens with one attached hydrogen (secondary N) is 3. The average molecular weight is 384 g/mol. The van der Waals surface area contributed by atoms with Gasteiger partial charge < -0.3 is 10.6 Å². The lowest BCUT2D eigenvalue weighted by atomic mass is 9.98. The van der Waals surface area contributed by atoms with Crippen molar-refractivity contribution in [2.24, 2.45) is 0 Å². The minimum atomic E-state index is -0.147. The minimum absolute atomic E-state index is 0.0696. The smallest absolute Gasteiger partial charge is 0.251 e. The molecule has 2 unspecified atom stereocenters. The third-order valence-corrected chi connectivity index (χ3v) is 5.20. The quantitative estimate of drug-likeness (QED) is 0.445. The van der Waals surface area contributed by atoms with E-state index in [-0.39, 0.29) is 18.0 Å².